The lowest BCUT2D eigenvalue weighted by molar-refractivity contribution is -0.121. The summed E-state index contributed by atoms with van der Waals surface area (Å²) in [5.41, 5.74) is 1.28. The number of unbranched alkanes of at least 4 members (excludes halogenated alkanes) is 8. The molecule has 0 unspecified atom stereocenters. The minimum atomic E-state index is 0.194. The zero-order chi connectivity index (χ0) is 21.0. The summed E-state index contributed by atoms with van der Waals surface area (Å²) in [5.74, 6) is 0.194. The van der Waals surface area contributed by atoms with E-state index >= 15 is 0 Å². The molecule has 0 radical (unpaired) electrons. The van der Waals surface area contributed by atoms with Crippen LogP contribution in [0, 0.1) is 0 Å². The topological polar surface area (TPSA) is 29.1 Å². The Kier molecular flexibility index (Phi) is 15.8. The number of allylic oxidation sites excluding steroid dienone is 4. The molecule has 1 rings (SSSR count). The van der Waals surface area contributed by atoms with Crippen molar-refractivity contribution in [3.05, 3.63) is 60.2 Å². The molecular formula is C27H43NO. The van der Waals surface area contributed by atoms with E-state index in [1.54, 1.807) is 0 Å². The molecule has 1 atom stereocenters. The molecule has 0 aliphatic carbocycles. The van der Waals surface area contributed by atoms with Gasteiger partial charge in [-0.2, -0.15) is 0 Å². The first-order valence-electron chi connectivity index (χ1n) is 11.9. The van der Waals surface area contributed by atoms with Gasteiger partial charge < -0.3 is 5.32 Å². The van der Waals surface area contributed by atoms with Gasteiger partial charge in [0.1, 0.15) is 0 Å². The highest BCUT2D eigenvalue weighted by molar-refractivity contribution is 5.76. The van der Waals surface area contributed by atoms with E-state index in [2.05, 4.69) is 55.6 Å². The molecule has 0 heterocycles. The van der Waals surface area contributed by atoms with Crippen molar-refractivity contribution >= 4 is 5.91 Å². The minimum Gasteiger partial charge on any atom is -0.353 e. The zero-order valence-corrected chi connectivity index (χ0v) is 18.9. The Labute approximate surface area is 179 Å². The van der Waals surface area contributed by atoms with Gasteiger partial charge in [-0.1, -0.05) is 93.7 Å². The van der Waals surface area contributed by atoms with Crippen LogP contribution in [0.25, 0.3) is 0 Å². The van der Waals surface area contributed by atoms with Crippen LogP contribution in [0.3, 0.4) is 0 Å². The number of nitrogens with one attached hydrogen (secondary N) is 1. The van der Waals surface area contributed by atoms with E-state index in [0.717, 1.165) is 25.7 Å². The van der Waals surface area contributed by atoms with Crippen LogP contribution in [0.1, 0.15) is 96.5 Å². The molecule has 162 valence electrons. The predicted molar refractivity (Wildman–Crippen MR) is 127 cm³/mol. The van der Waals surface area contributed by atoms with Crippen LogP contribution in [-0.4, -0.2) is 11.9 Å². The van der Waals surface area contributed by atoms with E-state index in [1.807, 2.05) is 18.2 Å². The van der Waals surface area contributed by atoms with Crippen LogP contribution < -0.4 is 5.32 Å². The highest BCUT2D eigenvalue weighted by Crippen LogP contribution is 2.09. The highest BCUT2D eigenvalue weighted by Gasteiger charge is 2.07. The highest BCUT2D eigenvalue weighted by atomic mass is 16.1. The Morgan fingerprint density at radius 2 is 1.48 bits per heavy atom. The van der Waals surface area contributed by atoms with Gasteiger partial charge in [-0.3, -0.25) is 4.79 Å². The summed E-state index contributed by atoms with van der Waals surface area (Å²) in [4.78, 5) is 12.1. The standard InChI is InChI=1S/C27H43NO/c1-3-4-5-6-7-8-9-10-11-12-13-14-15-16-20-23-27(29)28-25(2)24-26-21-18-17-19-22-26/h7-8,10-11,17-19,21-22,25H,3-6,9,12-16,20,23-24H2,1-2H3,(H,28,29)/b8-7-,11-10-/t25-/m0/s1. The smallest absolute Gasteiger partial charge is 0.220 e. The third-order valence-electron chi connectivity index (χ3n) is 5.15. The van der Waals surface area contributed by atoms with Crippen LogP contribution >= 0.6 is 0 Å². The molecule has 1 amide bonds. The first kappa shape index (κ1) is 25.2. The molecule has 0 saturated heterocycles. The van der Waals surface area contributed by atoms with Crippen LogP contribution in [0.4, 0.5) is 0 Å². The van der Waals surface area contributed by atoms with E-state index in [4.69, 9.17) is 0 Å². The Morgan fingerprint density at radius 1 is 0.862 bits per heavy atom. The molecule has 29 heavy (non-hydrogen) atoms. The van der Waals surface area contributed by atoms with E-state index in [-0.39, 0.29) is 11.9 Å². The maximum absolute atomic E-state index is 12.1. The van der Waals surface area contributed by atoms with Crippen molar-refractivity contribution in [2.24, 2.45) is 0 Å². The van der Waals surface area contributed by atoms with Gasteiger partial charge in [0.15, 0.2) is 0 Å². The molecular weight excluding hydrogens is 354 g/mol. The summed E-state index contributed by atoms with van der Waals surface area (Å²) in [7, 11) is 0. The molecule has 0 bridgehead atoms. The minimum absolute atomic E-state index is 0.194. The van der Waals surface area contributed by atoms with Crippen LogP contribution in [0.15, 0.2) is 54.6 Å². The van der Waals surface area contributed by atoms with Crippen molar-refractivity contribution in [1.82, 2.24) is 5.32 Å². The van der Waals surface area contributed by atoms with Gasteiger partial charge in [-0.25, -0.2) is 0 Å². The first-order chi connectivity index (χ1) is 14.2. The van der Waals surface area contributed by atoms with E-state index in [9.17, 15) is 4.79 Å². The van der Waals surface area contributed by atoms with Crippen LogP contribution in [0.5, 0.6) is 0 Å². The fourth-order valence-corrected chi connectivity index (χ4v) is 3.46. The fourth-order valence-electron chi connectivity index (χ4n) is 3.46. The molecule has 1 aromatic rings. The van der Waals surface area contributed by atoms with Gasteiger partial charge >= 0.3 is 0 Å². The summed E-state index contributed by atoms with van der Waals surface area (Å²) in [6, 6.07) is 10.5. The van der Waals surface area contributed by atoms with Crippen molar-refractivity contribution in [3.63, 3.8) is 0 Å². The average Bonchev–Trinajstić information content (AvgIpc) is 2.71. The normalized spacial score (nSPS) is 12.6. The van der Waals surface area contributed by atoms with Crippen LogP contribution in [0.2, 0.25) is 0 Å². The second-order valence-corrected chi connectivity index (χ2v) is 8.14. The number of benzene rings is 1. The van der Waals surface area contributed by atoms with Gasteiger partial charge in [0, 0.05) is 12.5 Å². The van der Waals surface area contributed by atoms with E-state index < -0.39 is 0 Å². The third-order valence-corrected chi connectivity index (χ3v) is 5.15. The monoisotopic (exact) mass is 397 g/mol. The van der Waals surface area contributed by atoms with Gasteiger partial charge in [0.25, 0.3) is 0 Å². The molecule has 0 aliphatic heterocycles. The molecule has 0 fully saturated rings. The Morgan fingerprint density at radius 3 is 2.17 bits per heavy atom. The van der Waals surface area contributed by atoms with Crippen molar-refractivity contribution in [1.29, 1.82) is 0 Å². The lowest BCUT2D eigenvalue weighted by Gasteiger charge is -2.14. The number of hydrogen-bond donors (Lipinski definition) is 1. The molecule has 1 N–H and O–H groups in total. The first-order valence-corrected chi connectivity index (χ1v) is 11.9. The van der Waals surface area contributed by atoms with Gasteiger partial charge in [0.05, 0.1) is 0 Å². The maximum Gasteiger partial charge on any atom is 0.220 e. The lowest BCUT2D eigenvalue weighted by Crippen LogP contribution is -2.33. The molecule has 1 aromatic carbocycles. The number of rotatable bonds is 17. The summed E-state index contributed by atoms with van der Waals surface area (Å²) < 4.78 is 0. The molecule has 0 aliphatic rings. The second kappa shape index (κ2) is 18.2. The van der Waals surface area contributed by atoms with Crippen molar-refractivity contribution in [2.75, 3.05) is 0 Å². The van der Waals surface area contributed by atoms with Crippen molar-refractivity contribution in [3.8, 4) is 0 Å². The lowest BCUT2D eigenvalue weighted by atomic mass is 10.1. The zero-order valence-electron chi connectivity index (χ0n) is 18.9. The largest absolute Gasteiger partial charge is 0.353 e. The summed E-state index contributed by atoms with van der Waals surface area (Å²) >= 11 is 0. The number of carbonyl (C=O) groups is 1. The van der Waals surface area contributed by atoms with Crippen molar-refractivity contribution < 1.29 is 4.79 Å². The molecule has 2 heteroatoms. The summed E-state index contributed by atoms with van der Waals surface area (Å²) in [6.07, 6.45) is 24.1. The Bertz CT molecular complexity index is 561. The molecule has 0 saturated carbocycles. The average molecular weight is 398 g/mol. The van der Waals surface area contributed by atoms with Crippen molar-refractivity contribution in [2.45, 2.75) is 103 Å². The van der Waals surface area contributed by atoms with Gasteiger partial charge in [-0.15, -0.1) is 0 Å². The fraction of sp³-hybridized carbons (Fsp3) is 0.593. The van der Waals surface area contributed by atoms with Gasteiger partial charge in [0.2, 0.25) is 5.91 Å². The molecule has 0 spiro atoms. The van der Waals surface area contributed by atoms with E-state index in [1.165, 1.54) is 56.9 Å². The second-order valence-electron chi connectivity index (χ2n) is 8.14. The summed E-state index contributed by atoms with van der Waals surface area (Å²) in [5, 5.41) is 3.12. The number of carbonyl (C=O) groups excluding carboxylic acids is 1. The number of amides is 1. The molecule has 0 aromatic heterocycles. The summed E-state index contributed by atoms with van der Waals surface area (Å²) in [6.45, 7) is 4.33. The maximum atomic E-state index is 12.1. The third kappa shape index (κ3) is 15.7. The van der Waals surface area contributed by atoms with E-state index in [0.29, 0.717) is 6.42 Å². The van der Waals surface area contributed by atoms with Gasteiger partial charge in [-0.05, 0) is 57.4 Å². The number of hydrogen-bond acceptors (Lipinski definition) is 1. The predicted octanol–water partition coefficient (Wildman–Crippen LogP) is 7.55. The SMILES string of the molecule is CCCCC/C=C\C/C=C\CCCCCCCC(=O)N[C@@H](C)Cc1ccccc1. The Hall–Kier alpha value is -1.83. The quantitative estimate of drug-likeness (QED) is 0.213. The van der Waals surface area contributed by atoms with Crippen LogP contribution in [-0.2, 0) is 11.2 Å². The Balaban J connectivity index is 1.91. The molecule has 2 nitrogen and oxygen atoms in total.